The van der Waals surface area contributed by atoms with Gasteiger partial charge in [-0.1, -0.05) is 56.0 Å². The van der Waals surface area contributed by atoms with Crippen molar-refractivity contribution in [1.82, 2.24) is 4.98 Å². The van der Waals surface area contributed by atoms with E-state index in [2.05, 4.69) is 62.4 Å². The third kappa shape index (κ3) is 3.67. The monoisotopic (exact) mass is 343 g/mol. The van der Waals surface area contributed by atoms with E-state index in [-0.39, 0.29) is 0 Å². The maximum Gasteiger partial charge on any atom is 0.0712 e. The number of hydrogen-bond donors (Lipinski definition) is 0. The smallest absolute Gasteiger partial charge is 0.0712 e. The molecule has 1 heteroatoms. The van der Waals surface area contributed by atoms with Gasteiger partial charge in [0, 0.05) is 10.9 Å². The summed E-state index contributed by atoms with van der Waals surface area (Å²) in [6.45, 7) is 4.53. The molecule has 0 radical (unpaired) electrons. The predicted octanol–water partition coefficient (Wildman–Crippen LogP) is 6.90. The number of aromatic nitrogens is 1. The quantitative estimate of drug-likeness (QED) is 0.493. The first-order chi connectivity index (χ1) is 12.7. The number of para-hydroxylation sites is 1. The lowest BCUT2D eigenvalue weighted by Crippen LogP contribution is -2.05. The Morgan fingerprint density at radius 1 is 1.00 bits per heavy atom. The molecule has 1 heterocycles. The van der Waals surface area contributed by atoms with E-state index in [4.69, 9.17) is 4.98 Å². The Kier molecular flexibility index (Phi) is 5.06. The molecular weight excluding hydrogens is 314 g/mol. The standard InChI is InChI=1S/C25H29N/c1-3-7-19-8-6-9-20-14-18(2)15-22(16-20)25-17-21(13-12-19)23-10-4-5-11-24(23)26-25/h4-5,10-11,14-17,19H,3,6-9,12-13H2,1-2H3. The second-order valence-electron chi connectivity index (χ2n) is 7.98. The third-order valence-electron chi connectivity index (χ3n) is 5.83. The zero-order valence-electron chi connectivity index (χ0n) is 16.1. The van der Waals surface area contributed by atoms with Crippen molar-refractivity contribution in [3.8, 4) is 11.3 Å². The molecule has 1 aliphatic carbocycles. The molecule has 0 N–H and O–H groups in total. The van der Waals surface area contributed by atoms with Gasteiger partial charge in [0.1, 0.15) is 0 Å². The molecular formula is C25H29N. The second kappa shape index (κ2) is 7.61. The Balaban J connectivity index is 1.85. The molecule has 1 atom stereocenters. The molecule has 134 valence electrons. The van der Waals surface area contributed by atoms with E-state index < -0.39 is 0 Å². The average Bonchev–Trinajstić information content (AvgIpc) is 2.64. The highest BCUT2D eigenvalue weighted by Crippen LogP contribution is 2.30. The summed E-state index contributed by atoms with van der Waals surface area (Å²) < 4.78 is 0. The lowest BCUT2D eigenvalue weighted by molar-refractivity contribution is 0.404. The maximum absolute atomic E-state index is 5.00. The number of rotatable bonds is 2. The van der Waals surface area contributed by atoms with E-state index in [0.717, 1.165) is 17.1 Å². The number of aryl methyl sites for hydroxylation is 3. The molecule has 1 unspecified atom stereocenters. The van der Waals surface area contributed by atoms with Gasteiger partial charge in [-0.15, -0.1) is 0 Å². The minimum atomic E-state index is 0.846. The number of pyridine rings is 1. The summed E-state index contributed by atoms with van der Waals surface area (Å²) in [5.41, 5.74) is 7.82. The molecule has 0 aliphatic heterocycles. The van der Waals surface area contributed by atoms with Crippen molar-refractivity contribution in [2.24, 2.45) is 5.92 Å². The first-order valence-electron chi connectivity index (χ1n) is 10.2. The van der Waals surface area contributed by atoms with Crippen molar-refractivity contribution < 1.29 is 0 Å². The fraction of sp³-hybridized carbons (Fsp3) is 0.400. The Morgan fingerprint density at radius 2 is 1.88 bits per heavy atom. The summed E-state index contributed by atoms with van der Waals surface area (Å²) in [6, 6.07) is 18.0. The van der Waals surface area contributed by atoms with Gasteiger partial charge in [-0.05, 0) is 73.9 Å². The van der Waals surface area contributed by atoms with Gasteiger partial charge >= 0.3 is 0 Å². The van der Waals surface area contributed by atoms with E-state index in [1.807, 2.05) is 0 Å². The van der Waals surface area contributed by atoms with Crippen LogP contribution in [0.1, 0.15) is 55.7 Å². The fourth-order valence-corrected chi connectivity index (χ4v) is 4.55. The summed E-state index contributed by atoms with van der Waals surface area (Å²) in [5.74, 6) is 0.846. The highest BCUT2D eigenvalue weighted by atomic mass is 14.7. The summed E-state index contributed by atoms with van der Waals surface area (Å²) >= 11 is 0. The van der Waals surface area contributed by atoms with Gasteiger partial charge in [0.2, 0.25) is 0 Å². The van der Waals surface area contributed by atoms with E-state index >= 15 is 0 Å². The molecule has 0 saturated heterocycles. The molecule has 0 spiro atoms. The van der Waals surface area contributed by atoms with Gasteiger partial charge < -0.3 is 0 Å². The molecule has 1 aromatic heterocycles. The van der Waals surface area contributed by atoms with Gasteiger partial charge in [-0.3, -0.25) is 0 Å². The fourth-order valence-electron chi connectivity index (χ4n) is 4.55. The van der Waals surface area contributed by atoms with Crippen LogP contribution in [0.15, 0.2) is 48.5 Å². The van der Waals surface area contributed by atoms with Crippen LogP contribution in [-0.2, 0) is 12.8 Å². The topological polar surface area (TPSA) is 12.9 Å². The third-order valence-corrected chi connectivity index (χ3v) is 5.83. The number of fused-ring (bicyclic) bond motifs is 7. The van der Waals surface area contributed by atoms with Crippen LogP contribution in [0.3, 0.4) is 0 Å². The highest BCUT2D eigenvalue weighted by Gasteiger charge is 2.14. The average molecular weight is 344 g/mol. The van der Waals surface area contributed by atoms with Gasteiger partial charge in [-0.25, -0.2) is 4.98 Å². The second-order valence-corrected chi connectivity index (χ2v) is 7.98. The van der Waals surface area contributed by atoms with Crippen molar-refractivity contribution in [3.05, 3.63) is 65.2 Å². The van der Waals surface area contributed by atoms with E-state index in [1.54, 1.807) is 0 Å². The number of nitrogens with zero attached hydrogens (tertiary/aromatic N) is 1. The summed E-state index contributed by atoms with van der Waals surface area (Å²) in [6.07, 6.45) is 8.96. The summed E-state index contributed by atoms with van der Waals surface area (Å²) in [4.78, 5) is 5.00. The van der Waals surface area contributed by atoms with E-state index in [1.165, 1.54) is 72.6 Å². The Hall–Kier alpha value is -2.15. The Morgan fingerprint density at radius 3 is 2.77 bits per heavy atom. The lowest BCUT2D eigenvalue weighted by atomic mass is 9.87. The van der Waals surface area contributed by atoms with Crippen LogP contribution in [0, 0.1) is 12.8 Å². The zero-order chi connectivity index (χ0) is 17.9. The highest BCUT2D eigenvalue weighted by molar-refractivity contribution is 5.85. The SMILES string of the molecule is CCCC1CCCc2cc(C)cc(c2)-c2cc(c3ccccc3n2)CC1. The van der Waals surface area contributed by atoms with Crippen LogP contribution >= 0.6 is 0 Å². The summed E-state index contributed by atoms with van der Waals surface area (Å²) in [5, 5.41) is 1.33. The Labute approximate surface area is 157 Å². The van der Waals surface area contributed by atoms with Gasteiger partial charge in [0.15, 0.2) is 0 Å². The van der Waals surface area contributed by atoms with Crippen molar-refractivity contribution in [3.63, 3.8) is 0 Å². The molecule has 0 saturated carbocycles. The van der Waals surface area contributed by atoms with Crippen LogP contribution < -0.4 is 0 Å². The van der Waals surface area contributed by atoms with Crippen LogP contribution in [0.4, 0.5) is 0 Å². The maximum atomic E-state index is 5.00. The molecule has 1 aliphatic rings. The lowest BCUT2D eigenvalue weighted by Gasteiger charge is -2.19. The molecule has 26 heavy (non-hydrogen) atoms. The molecule has 4 rings (SSSR count). The molecule has 4 bridgehead atoms. The van der Waals surface area contributed by atoms with Crippen molar-refractivity contribution >= 4 is 10.9 Å². The largest absolute Gasteiger partial charge is 0.248 e. The first-order valence-corrected chi connectivity index (χ1v) is 10.2. The van der Waals surface area contributed by atoms with Crippen LogP contribution in [0.2, 0.25) is 0 Å². The predicted molar refractivity (Wildman–Crippen MR) is 112 cm³/mol. The summed E-state index contributed by atoms with van der Waals surface area (Å²) in [7, 11) is 0. The number of benzene rings is 2. The molecule has 0 fully saturated rings. The Bertz CT molecular complexity index is 909. The first kappa shape index (κ1) is 17.3. The van der Waals surface area contributed by atoms with Crippen LogP contribution in [0.5, 0.6) is 0 Å². The van der Waals surface area contributed by atoms with E-state index in [0.29, 0.717) is 0 Å². The number of hydrogen-bond acceptors (Lipinski definition) is 1. The normalized spacial score (nSPS) is 17.5. The van der Waals surface area contributed by atoms with Crippen molar-refractivity contribution in [2.75, 3.05) is 0 Å². The van der Waals surface area contributed by atoms with E-state index in [9.17, 15) is 0 Å². The van der Waals surface area contributed by atoms with Crippen LogP contribution in [0.25, 0.3) is 22.2 Å². The molecule has 1 nitrogen and oxygen atoms in total. The minimum Gasteiger partial charge on any atom is -0.248 e. The van der Waals surface area contributed by atoms with Crippen molar-refractivity contribution in [1.29, 1.82) is 0 Å². The van der Waals surface area contributed by atoms with Crippen molar-refractivity contribution in [2.45, 2.75) is 58.8 Å². The molecule has 3 aromatic rings. The van der Waals surface area contributed by atoms with Gasteiger partial charge in [-0.2, -0.15) is 0 Å². The van der Waals surface area contributed by atoms with Gasteiger partial charge in [0.25, 0.3) is 0 Å². The minimum absolute atomic E-state index is 0.846. The molecule has 2 aromatic carbocycles. The van der Waals surface area contributed by atoms with Gasteiger partial charge in [0.05, 0.1) is 11.2 Å². The zero-order valence-corrected chi connectivity index (χ0v) is 16.1. The van der Waals surface area contributed by atoms with Crippen LogP contribution in [-0.4, -0.2) is 4.98 Å². The molecule has 0 amide bonds.